The van der Waals surface area contributed by atoms with Crippen molar-refractivity contribution in [2.45, 2.75) is 10.7 Å². The van der Waals surface area contributed by atoms with Crippen LogP contribution in [0.1, 0.15) is 10.5 Å². The molecule has 0 aliphatic carbocycles. The highest BCUT2D eigenvalue weighted by atomic mass is 32.2. The lowest BCUT2D eigenvalue weighted by Crippen LogP contribution is -2.01. The van der Waals surface area contributed by atoms with Gasteiger partial charge in [-0.05, 0) is 12.1 Å². The number of carboxylic acids is 1. The average Bonchev–Trinajstić information content (AvgIpc) is 2.79. The lowest BCUT2D eigenvalue weighted by Gasteiger charge is -2.10. The zero-order chi connectivity index (χ0) is 13.8. The molecule has 0 unspecified atom stereocenters. The molecule has 0 saturated heterocycles. The van der Waals surface area contributed by atoms with E-state index in [1.54, 1.807) is 24.3 Å². The predicted molar refractivity (Wildman–Crippen MR) is 70.7 cm³/mol. The Bertz CT molecular complexity index is 590. The van der Waals surface area contributed by atoms with E-state index in [1.165, 1.54) is 5.51 Å². The number of hydrogen-bond acceptors (Lipinski definition) is 5. The smallest absolute Gasteiger partial charge is 0.357 e. The summed E-state index contributed by atoms with van der Waals surface area (Å²) in [5, 5.41) is 12.1. The van der Waals surface area contributed by atoms with Crippen molar-refractivity contribution in [3.05, 3.63) is 35.5 Å². The summed E-state index contributed by atoms with van der Waals surface area (Å²) in [6, 6.07) is 6.47. The molecule has 1 aromatic heterocycles. The molecule has 0 bridgehead atoms. The van der Waals surface area contributed by atoms with Gasteiger partial charge in [0.2, 0.25) is 0 Å². The van der Waals surface area contributed by atoms with Crippen molar-refractivity contribution in [1.82, 2.24) is 4.98 Å². The number of rotatable bonds is 5. The van der Waals surface area contributed by atoms with E-state index in [1.807, 2.05) is 0 Å². The number of carbonyl (C=O) groups is 1. The van der Waals surface area contributed by atoms with Crippen LogP contribution in [0.5, 0.6) is 0 Å². The Hall–Kier alpha value is -1.67. The van der Waals surface area contributed by atoms with E-state index < -0.39 is 11.7 Å². The summed E-state index contributed by atoms with van der Waals surface area (Å²) in [5.41, 5.74) is 1.69. The van der Waals surface area contributed by atoms with Crippen LogP contribution in [-0.4, -0.2) is 21.8 Å². The zero-order valence-electron chi connectivity index (χ0n) is 9.34. The number of para-hydroxylation sites is 1. The monoisotopic (exact) mass is 302 g/mol. The minimum absolute atomic E-state index is 0.123. The molecule has 0 spiro atoms. The van der Waals surface area contributed by atoms with Gasteiger partial charge in [-0.3, -0.25) is 0 Å². The van der Waals surface area contributed by atoms with E-state index in [0.717, 1.165) is 11.3 Å². The van der Waals surface area contributed by atoms with Gasteiger partial charge in [0.25, 0.3) is 5.76 Å². The average molecular weight is 302 g/mol. The van der Waals surface area contributed by atoms with E-state index in [9.17, 15) is 13.6 Å². The number of aromatic nitrogens is 1. The molecule has 4 nitrogen and oxygen atoms in total. The second kappa shape index (κ2) is 5.98. The van der Waals surface area contributed by atoms with Crippen LogP contribution in [-0.2, 0) is 0 Å². The van der Waals surface area contributed by atoms with E-state index in [-0.39, 0.29) is 5.69 Å². The lowest BCUT2D eigenvalue weighted by atomic mass is 10.3. The van der Waals surface area contributed by atoms with Gasteiger partial charge in [0.1, 0.15) is 5.00 Å². The lowest BCUT2D eigenvalue weighted by molar-refractivity contribution is 0.0692. The molecule has 0 saturated carbocycles. The van der Waals surface area contributed by atoms with Gasteiger partial charge in [0.05, 0.1) is 11.2 Å². The maximum absolute atomic E-state index is 12.4. The molecule has 2 N–H and O–H groups in total. The van der Waals surface area contributed by atoms with Gasteiger partial charge >= 0.3 is 5.97 Å². The van der Waals surface area contributed by atoms with Crippen LogP contribution in [0.4, 0.5) is 19.5 Å². The third-order valence-corrected chi connectivity index (χ3v) is 3.65. The normalized spacial score (nSPS) is 10.7. The van der Waals surface area contributed by atoms with Crippen molar-refractivity contribution >= 4 is 39.8 Å². The van der Waals surface area contributed by atoms with Crippen molar-refractivity contribution in [2.75, 3.05) is 5.32 Å². The second-order valence-corrected chi connectivity index (χ2v) is 5.22. The SMILES string of the molecule is O=C(O)c1ncsc1Nc1ccccc1SC(F)F. The number of halogens is 2. The maximum atomic E-state index is 12.4. The van der Waals surface area contributed by atoms with Gasteiger partial charge < -0.3 is 10.4 Å². The fraction of sp³-hybridized carbons (Fsp3) is 0.0909. The molecule has 8 heteroatoms. The standard InChI is InChI=1S/C11H8F2N2O2S2/c12-11(13)19-7-4-2-1-3-6(7)15-9-8(10(16)17)14-5-18-9/h1-5,11,15H,(H,16,17). The molecule has 0 radical (unpaired) electrons. The summed E-state index contributed by atoms with van der Waals surface area (Å²) in [6.45, 7) is 0. The van der Waals surface area contributed by atoms with Crippen molar-refractivity contribution in [3.8, 4) is 0 Å². The van der Waals surface area contributed by atoms with Gasteiger partial charge in [-0.2, -0.15) is 8.78 Å². The molecule has 1 heterocycles. The summed E-state index contributed by atoms with van der Waals surface area (Å²) in [4.78, 5) is 15.0. The van der Waals surface area contributed by atoms with Crippen LogP contribution >= 0.6 is 23.1 Å². The number of nitrogens with one attached hydrogen (secondary N) is 1. The largest absolute Gasteiger partial charge is 0.476 e. The first kappa shape index (κ1) is 13.8. The van der Waals surface area contributed by atoms with E-state index in [4.69, 9.17) is 5.11 Å². The van der Waals surface area contributed by atoms with Gasteiger partial charge in [-0.25, -0.2) is 9.78 Å². The molecule has 19 heavy (non-hydrogen) atoms. The van der Waals surface area contributed by atoms with Crippen LogP contribution in [0.25, 0.3) is 0 Å². The summed E-state index contributed by atoms with van der Waals surface area (Å²) in [7, 11) is 0. The third kappa shape index (κ3) is 3.42. The number of thiazole rings is 1. The number of anilines is 2. The first-order valence-electron chi connectivity index (χ1n) is 5.05. The molecule has 2 rings (SSSR count). The van der Waals surface area contributed by atoms with Crippen LogP contribution in [0.3, 0.4) is 0 Å². The number of benzene rings is 1. The second-order valence-electron chi connectivity index (χ2n) is 3.33. The topological polar surface area (TPSA) is 62.2 Å². The highest BCUT2D eigenvalue weighted by Gasteiger charge is 2.16. The molecule has 0 amide bonds. The Morgan fingerprint density at radius 2 is 2.16 bits per heavy atom. The highest BCUT2D eigenvalue weighted by Crippen LogP contribution is 2.34. The Morgan fingerprint density at radius 3 is 2.84 bits per heavy atom. The number of alkyl halides is 2. The van der Waals surface area contributed by atoms with Crippen molar-refractivity contribution in [2.24, 2.45) is 0 Å². The minimum atomic E-state index is -2.54. The Labute approximate surface area is 115 Å². The molecular weight excluding hydrogens is 294 g/mol. The van der Waals surface area contributed by atoms with Crippen molar-refractivity contribution < 1.29 is 18.7 Å². The summed E-state index contributed by atoms with van der Waals surface area (Å²) in [5.74, 6) is -3.70. The summed E-state index contributed by atoms with van der Waals surface area (Å²) >= 11 is 1.50. The van der Waals surface area contributed by atoms with Gasteiger partial charge in [-0.15, -0.1) is 11.3 Å². The fourth-order valence-electron chi connectivity index (χ4n) is 1.38. The van der Waals surface area contributed by atoms with Crippen LogP contribution < -0.4 is 5.32 Å². The Morgan fingerprint density at radius 1 is 1.42 bits per heavy atom. The van der Waals surface area contributed by atoms with Gasteiger partial charge in [-0.1, -0.05) is 23.9 Å². The number of hydrogen-bond donors (Lipinski definition) is 2. The fourth-order valence-corrected chi connectivity index (χ4v) is 2.66. The van der Waals surface area contributed by atoms with Gasteiger partial charge in [0, 0.05) is 4.90 Å². The quantitative estimate of drug-likeness (QED) is 0.820. The van der Waals surface area contributed by atoms with Crippen molar-refractivity contribution in [1.29, 1.82) is 0 Å². The molecule has 2 aromatic rings. The number of thioether (sulfide) groups is 1. The molecule has 1 aromatic carbocycles. The molecule has 0 atom stereocenters. The van der Waals surface area contributed by atoms with Crippen LogP contribution in [0.15, 0.2) is 34.7 Å². The molecule has 0 fully saturated rings. The van der Waals surface area contributed by atoms with Gasteiger partial charge in [0.15, 0.2) is 5.69 Å². The van der Waals surface area contributed by atoms with E-state index in [0.29, 0.717) is 27.3 Å². The van der Waals surface area contributed by atoms with Crippen molar-refractivity contribution in [3.63, 3.8) is 0 Å². The van der Waals surface area contributed by atoms with E-state index in [2.05, 4.69) is 10.3 Å². The molecule has 0 aliphatic heterocycles. The minimum Gasteiger partial charge on any atom is -0.476 e. The van der Waals surface area contributed by atoms with Crippen LogP contribution in [0.2, 0.25) is 0 Å². The Balaban J connectivity index is 2.28. The van der Waals surface area contributed by atoms with Crippen LogP contribution in [0, 0.1) is 0 Å². The Kier molecular flexibility index (Phi) is 4.33. The third-order valence-electron chi connectivity index (χ3n) is 2.12. The highest BCUT2D eigenvalue weighted by molar-refractivity contribution is 7.99. The molecular formula is C11H8F2N2O2S2. The maximum Gasteiger partial charge on any atom is 0.357 e. The molecule has 100 valence electrons. The molecule has 0 aliphatic rings. The number of aromatic carboxylic acids is 1. The first-order chi connectivity index (χ1) is 9.08. The predicted octanol–water partition coefficient (Wildman–Crippen LogP) is 3.90. The first-order valence-corrected chi connectivity index (χ1v) is 6.81. The van der Waals surface area contributed by atoms with E-state index >= 15 is 0 Å². The summed E-state index contributed by atoms with van der Waals surface area (Å²) in [6.07, 6.45) is 0. The summed E-state index contributed by atoms with van der Waals surface area (Å²) < 4.78 is 24.8. The number of nitrogens with zero attached hydrogens (tertiary/aromatic N) is 1. The number of carboxylic acid groups (broad SMARTS) is 1. The zero-order valence-corrected chi connectivity index (χ0v) is 11.0.